The molecule has 1 unspecified atom stereocenters. The van der Waals surface area contributed by atoms with Crippen LogP contribution in [0.1, 0.15) is 28.4 Å². The molecule has 1 aliphatic rings. The summed E-state index contributed by atoms with van der Waals surface area (Å²) in [5.41, 5.74) is 1.93. The quantitative estimate of drug-likeness (QED) is 0.0678. The van der Waals surface area contributed by atoms with Gasteiger partial charge in [-0.3, -0.25) is 4.79 Å². The lowest BCUT2D eigenvalue weighted by Crippen LogP contribution is -2.31. The standard InChI is InChI=1S/C27H25Br2ClN2O6S2/c1-4-38-26(31-39(34,35)21-13-5-17(2)6-14-21)23(28)24-27(29,25(33)19-9-11-20(30)12-10-19)32(24)40(36,37)22-15-7-18(3)8-16-22/h5-16,23-24H,4H2,1-3H3/b31-26-/t23-,24-,27+,32?/m0/s1. The van der Waals surface area contributed by atoms with E-state index in [1.807, 2.05) is 13.8 Å². The number of benzene rings is 3. The zero-order valence-electron chi connectivity index (χ0n) is 21.6. The van der Waals surface area contributed by atoms with Crippen molar-refractivity contribution in [1.82, 2.24) is 4.31 Å². The smallest absolute Gasteiger partial charge is 0.285 e. The van der Waals surface area contributed by atoms with Gasteiger partial charge >= 0.3 is 0 Å². The summed E-state index contributed by atoms with van der Waals surface area (Å²) >= 11 is 12.8. The topological polar surface area (TPSA) is 110 Å². The van der Waals surface area contributed by atoms with Gasteiger partial charge in [0.05, 0.1) is 22.4 Å². The Morgan fingerprint density at radius 3 is 1.95 bits per heavy atom. The van der Waals surface area contributed by atoms with E-state index in [-0.39, 0.29) is 27.9 Å². The number of ketones is 1. The summed E-state index contributed by atoms with van der Waals surface area (Å²) in [6, 6.07) is 17.2. The highest BCUT2D eigenvalue weighted by Crippen LogP contribution is 2.56. The van der Waals surface area contributed by atoms with Gasteiger partial charge in [0.2, 0.25) is 15.9 Å². The van der Waals surface area contributed by atoms with E-state index in [1.54, 1.807) is 31.2 Å². The summed E-state index contributed by atoms with van der Waals surface area (Å²) in [6.07, 6.45) is 0. The fourth-order valence-electron chi connectivity index (χ4n) is 4.09. The second-order valence-electron chi connectivity index (χ2n) is 9.12. The first-order chi connectivity index (χ1) is 18.7. The van der Waals surface area contributed by atoms with Gasteiger partial charge in [-0.05, 0) is 69.3 Å². The third kappa shape index (κ3) is 5.93. The molecule has 1 fully saturated rings. The monoisotopic (exact) mass is 730 g/mol. The number of aryl methyl sites for hydroxylation is 2. The maximum atomic E-state index is 13.8. The molecule has 0 aromatic heterocycles. The van der Waals surface area contributed by atoms with E-state index in [2.05, 4.69) is 36.3 Å². The molecule has 0 saturated carbocycles. The summed E-state index contributed by atoms with van der Waals surface area (Å²) in [5, 5.41) is 0.405. The van der Waals surface area contributed by atoms with E-state index >= 15 is 0 Å². The van der Waals surface area contributed by atoms with Crippen molar-refractivity contribution in [2.45, 2.75) is 45.9 Å². The third-order valence-corrected chi connectivity index (χ3v) is 12.0. The van der Waals surface area contributed by atoms with E-state index in [4.69, 9.17) is 16.3 Å². The number of hydrogen-bond acceptors (Lipinski definition) is 6. The zero-order chi connectivity index (χ0) is 29.5. The van der Waals surface area contributed by atoms with Crippen molar-refractivity contribution in [1.29, 1.82) is 0 Å². The molecule has 0 N–H and O–H groups in total. The normalized spacial score (nSPS) is 22.0. The van der Waals surface area contributed by atoms with Crippen LogP contribution in [-0.2, 0) is 24.8 Å². The van der Waals surface area contributed by atoms with Crippen LogP contribution in [0.3, 0.4) is 0 Å². The SMILES string of the molecule is CCO/C(=N\S(=O)(=O)c1ccc(C)cc1)[C@@H](Br)[C@@H]1N(S(=O)(=O)c2ccc(C)cc2)[C@@]1(Br)C(=O)c1ccc(Cl)cc1. The fraction of sp³-hybridized carbons (Fsp3) is 0.259. The van der Waals surface area contributed by atoms with Crippen LogP contribution >= 0.6 is 43.5 Å². The van der Waals surface area contributed by atoms with Gasteiger partial charge in [-0.25, -0.2) is 8.42 Å². The van der Waals surface area contributed by atoms with E-state index < -0.39 is 41.1 Å². The van der Waals surface area contributed by atoms with Crippen molar-refractivity contribution < 1.29 is 26.4 Å². The van der Waals surface area contributed by atoms with Crippen LogP contribution in [0.25, 0.3) is 0 Å². The van der Waals surface area contributed by atoms with Gasteiger partial charge in [-0.15, -0.1) is 4.40 Å². The Bertz CT molecular complexity index is 1660. The minimum Gasteiger partial charge on any atom is -0.480 e. The van der Waals surface area contributed by atoms with Crippen molar-refractivity contribution in [2.24, 2.45) is 4.40 Å². The minimum absolute atomic E-state index is 0.0322. The molecule has 3 aromatic carbocycles. The van der Waals surface area contributed by atoms with E-state index in [0.717, 1.165) is 15.4 Å². The number of sulfonamides is 2. The maximum absolute atomic E-state index is 13.8. The molecule has 8 nitrogen and oxygen atoms in total. The van der Waals surface area contributed by atoms with Crippen LogP contribution < -0.4 is 0 Å². The van der Waals surface area contributed by atoms with Crippen LogP contribution in [0, 0.1) is 13.8 Å². The Morgan fingerprint density at radius 2 is 1.45 bits per heavy atom. The Balaban J connectivity index is 1.81. The fourth-order valence-corrected chi connectivity index (χ4v) is 10.00. The lowest BCUT2D eigenvalue weighted by molar-refractivity contribution is 0.0971. The van der Waals surface area contributed by atoms with Crippen LogP contribution in [0.4, 0.5) is 0 Å². The van der Waals surface area contributed by atoms with Crippen molar-refractivity contribution in [3.63, 3.8) is 0 Å². The number of alkyl halides is 2. The Morgan fingerprint density at radius 1 is 0.950 bits per heavy atom. The van der Waals surface area contributed by atoms with Crippen molar-refractivity contribution >= 4 is 75.2 Å². The molecular formula is C27H25Br2ClN2O6S2. The number of carbonyl (C=O) groups excluding carboxylic acids is 1. The molecule has 4 atom stereocenters. The summed E-state index contributed by atoms with van der Waals surface area (Å²) in [5.74, 6) is -0.853. The lowest BCUT2D eigenvalue weighted by atomic mass is 10.1. The highest BCUT2D eigenvalue weighted by Gasteiger charge is 2.74. The first-order valence-corrected chi connectivity index (χ1v) is 17.0. The number of hydrogen-bond donors (Lipinski definition) is 0. The summed E-state index contributed by atoms with van der Waals surface area (Å²) < 4.78 is 62.7. The molecule has 4 rings (SSSR count). The predicted octanol–water partition coefficient (Wildman–Crippen LogP) is 5.89. The Hall–Kier alpha value is -2.09. The maximum Gasteiger partial charge on any atom is 0.285 e. The molecule has 0 aliphatic carbocycles. The lowest BCUT2D eigenvalue weighted by Gasteiger charge is -2.14. The minimum atomic E-state index is -4.25. The molecule has 0 spiro atoms. The molecule has 3 aromatic rings. The van der Waals surface area contributed by atoms with Gasteiger partial charge in [-0.2, -0.15) is 12.7 Å². The first kappa shape index (κ1) is 30.9. The number of halogens is 3. The van der Waals surface area contributed by atoms with Crippen LogP contribution in [0.5, 0.6) is 0 Å². The average molecular weight is 733 g/mol. The highest BCUT2D eigenvalue weighted by molar-refractivity contribution is 9.11. The summed E-state index contributed by atoms with van der Waals surface area (Å²) in [7, 11) is -8.47. The molecule has 1 saturated heterocycles. The number of nitrogens with zero attached hydrogens (tertiary/aromatic N) is 2. The Labute approximate surface area is 255 Å². The zero-order valence-corrected chi connectivity index (χ0v) is 27.1. The van der Waals surface area contributed by atoms with Gasteiger partial charge in [0, 0.05) is 10.6 Å². The summed E-state index contributed by atoms with van der Waals surface area (Å²) in [4.78, 5) is 12.6. The molecule has 0 radical (unpaired) electrons. The molecule has 0 bridgehead atoms. The van der Waals surface area contributed by atoms with Crippen LogP contribution in [-0.4, -0.2) is 54.7 Å². The highest BCUT2D eigenvalue weighted by atomic mass is 79.9. The first-order valence-electron chi connectivity index (χ1n) is 12.0. The van der Waals surface area contributed by atoms with Gasteiger partial charge in [0.25, 0.3) is 10.0 Å². The second-order valence-corrected chi connectivity index (χ2v) is 15.2. The van der Waals surface area contributed by atoms with Crippen molar-refractivity contribution in [3.05, 3.63) is 94.5 Å². The molecular weight excluding hydrogens is 708 g/mol. The predicted molar refractivity (Wildman–Crippen MR) is 162 cm³/mol. The largest absolute Gasteiger partial charge is 0.480 e. The molecule has 40 heavy (non-hydrogen) atoms. The summed E-state index contributed by atoms with van der Waals surface area (Å²) in [6.45, 7) is 5.33. The van der Waals surface area contributed by atoms with Gasteiger partial charge in [0.15, 0.2) is 10.2 Å². The second kappa shape index (κ2) is 11.7. The molecule has 13 heteroatoms. The van der Waals surface area contributed by atoms with E-state index in [1.165, 1.54) is 48.5 Å². The molecule has 0 amide bonds. The van der Waals surface area contributed by atoms with Gasteiger partial charge in [0.1, 0.15) is 4.83 Å². The van der Waals surface area contributed by atoms with E-state index in [0.29, 0.717) is 5.02 Å². The number of rotatable bonds is 9. The van der Waals surface area contributed by atoms with E-state index in [9.17, 15) is 21.6 Å². The molecule has 1 aliphatic heterocycles. The Kier molecular flexibility index (Phi) is 8.99. The van der Waals surface area contributed by atoms with Gasteiger partial charge < -0.3 is 4.74 Å². The van der Waals surface area contributed by atoms with Crippen molar-refractivity contribution in [3.8, 4) is 0 Å². The van der Waals surface area contributed by atoms with Crippen LogP contribution in [0.2, 0.25) is 5.02 Å². The number of ether oxygens (including phenoxy) is 1. The molecule has 212 valence electrons. The average Bonchev–Trinajstić information content (AvgIpc) is 3.56. The number of Topliss-reactive ketones (excluding diaryl/α,β-unsaturated/α-hetero) is 1. The van der Waals surface area contributed by atoms with Crippen LogP contribution in [0.15, 0.2) is 87.0 Å². The van der Waals surface area contributed by atoms with Gasteiger partial charge in [-0.1, -0.05) is 78.9 Å². The number of carbonyl (C=O) groups is 1. The molecule has 1 heterocycles. The van der Waals surface area contributed by atoms with Crippen molar-refractivity contribution in [2.75, 3.05) is 6.61 Å². The third-order valence-electron chi connectivity index (χ3n) is 6.23.